The van der Waals surface area contributed by atoms with Crippen molar-refractivity contribution >= 4 is 80.7 Å². The van der Waals surface area contributed by atoms with Gasteiger partial charge in [-0.3, -0.25) is 19.4 Å². The average Bonchev–Trinajstić information content (AvgIpc) is 1.62. The van der Waals surface area contributed by atoms with Gasteiger partial charge in [0.25, 0.3) is 11.8 Å². The van der Waals surface area contributed by atoms with E-state index in [1.165, 1.54) is 18.3 Å². The Morgan fingerprint density at radius 1 is 0.553 bits per heavy atom. The predicted molar refractivity (Wildman–Crippen MR) is 354 cm³/mol. The minimum atomic E-state index is -1.33. The molecule has 8 bridgehead atoms. The summed E-state index contributed by atoms with van der Waals surface area (Å²) < 4.78 is 11.3. The molecule has 10 aromatic rings. The van der Waals surface area contributed by atoms with Gasteiger partial charge in [-0.15, -0.1) is 0 Å². The van der Waals surface area contributed by atoms with Gasteiger partial charge in [-0.25, -0.2) is 19.7 Å². The van der Waals surface area contributed by atoms with Crippen LogP contribution in [0, 0.1) is 0 Å². The minimum absolute atomic E-state index is 0.0880. The fourth-order valence-electron chi connectivity index (χ4n) is 11.2. The minimum Gasteiger partial charge on any atom is -0.508 e. The highest BCUT2D eigenvalue weighted by Gasteiger charge is 2.24. The normalized spacial score (nSPS) is 12.1. The Morgan fingerprint density at radius 3 is 1.64 bits per heavy atom. The van der Waals surface area contributed by atoms with Crippen molar-refractivity contribution in [2.45, 2.75) is 38.3 Å². The largest absolute Gasteiger partial charge is 0.508 e. The van der Waals surface area contributed by atoms with E-state index in [-0.39, 0.29) is 105 Å². The molecule has 2 aliphatic heterocycles. The van der Waals surface area contributed by atoms with Crippen LogP contribution in [-0.4, -0.2) is 135 Å². The number of nitrogens with two attached hydrogens (primary N) is 1. The van der Waals surface area contributed by atoms with E-state index in [0.717, 1.165) is 78.0 Å². The molecule has 12 rings (SSSR count). The number of hydrogen-bond donors (Lipinski definition) is 12. The number of fused-ring (bicyclic) bond motifs is 9. The Kier molecular flexibility index (Phi) is 18.5. The van der Waals surface area contributed by atoms with Crippen LogP contribution in [0.4, 0.5) is 11.6 Å². The predicted octanol–water partition coefficient (Wildman–Crippen LogP) is 9.23. The molecule has 0 radical (unpaired) electrons. The summed E-state index contributed by atoms with van der Waals surface area (Å²) in [6.07, 6.45) is 6.15. The Morgan fingerprint density at radius 2 is 1.07 bits per heavy atom. The summed E-state index contributed by atoms with van der Waals surface area (Å²) >= 11 is 0. The zero-order valence-corrected chi connectivity index (χ0v) is 50.4. The molecule has 2 aliphatic rings. The number of H-pyrrole nitrogens is 2. The fourth-order valence-corrected chi connectivity index (χ4v) is 11.2. The maximum absolute atomic E-state index is 13.5. The zero-order chi connectivity index (χ0) is 65.2. The molecule has 5 aromatic heterocycles. The highest BCUT2D eigenvalue weighted by molar-refractivity contribution is 6.00. The quantitative estimate of drug-likeness (QED) is 0.0265. The van der Waals surface area contributed by atoms with Gasteiger partial charge in [0.2, 0.25) is 17.7 Å². The van der Waals surface area contributed by atoms with E-state index in [4.69, 9.17) is 25.2 Å². The molecule has 0 spiro atoms. The second kappa shape index (κ2) is 28.0. The number of carbonyl (C=O) groups is 4. The van der Waals surface area contributed by atoms with E-state index in [2.05, 4.69) is 51.2 Å². The molecule has 3 amide bonds. The number of aromatic nitrogens is 8. The van der Waals surface area contributed by atoms with Crippen molar-refractivity contribution in [3.8, 4) is 67.6 Å². The van der Waals surface area contributed by atoms with Crippen molar-refractivity contribution in [3.63, 3.8) is 0 Å². The van der Waals surface area contributed by atoms with Gasteiger partial charge in [0.15, 0.2) is 11.2 Å². The van der Waals surface area contributed by atoms with E-state index in [1.807, 2.05) is 66.7 Å². The molecule has 13 N–H and O–H groups in total. The van der Waals surface area contributed by atoms with Crippen LogP contribution in [0.5, 0.6) is 23.1 Å². The lowest BCUT2D eigenvalue weighted by Crippen LogP contribution is -2.41. The van der Waals surface area contributed by atoms with Crippen LogP contribution in [0.25, 0.3) is 89.9 Å². The molecule has 0 fully saturated rings. The van der Waals surface area contributed by atoms with Gasteiger partial charge < -0.3 is 72.0 Å². The number of aromatic hydroxyl groups is 4. The first-order valence-electron chi connectivity index (χ1n) is 30.2. The number of phenols is 3. The van der Waals surface area contributed by atoms with Crippen LogP contribution >= 0.6 is 0 Å². The maximum Gasteiger partial charge on any atom is 0.326 e. The van der Waals surface area contributed by atoms with Crippen molar-refractivity contribution in [2.75, 3.05) is 50.6 Å². The lowest BCUT2D eigenvalue weighted by Gasteiger charge is -2.15. The summed E-state index contributed by atoms with van der Waals surface area (Å²) in [5.41, 5.74) is 19.5. The molecule has 24 nitrogen and oxygen atoms in total. The van der Waals surface area contributed by atoms with Crippen molar-refractivity contribution in [1.29, 1.82) is 0 Å². The summed E-state index contributed by atoms with van der Waals surface area (Å²) in [7, 11) is 0. The Balaban J connectivity index is 0.654. The number of benzene rings is 5. The number of carbonyl (C=O) groups excluding carboxylic acids is 3. The van der Waals surface area contributed by atoms with Gasteiger partial charge in [-0.1, -0.05) is 48.5 Å². The topological polar surface area (TPSA) is 371 Å². The van der Waals surface area contributed by atoms with E-state index in [1.54, 1.807) is 78.9 Å². The van der Waals surface area contributed by atoms with E-state index in [0.29, 0.717) is 41.2 Å². The molecular weight excluding hydrogens is 1200 g/mol. The highest BCUT2D eigenvalue weighted by atomic mass is 16.5. The maximum atomic E-state index is 13.5. The van der Waals surface area contributed by atoms with Crippen molar-refractivity contribution in [2.24, 2.45) is 0 Å². The summed E-state index contributed by atoms with van der Waals surface area (Å²) in [6.45, 7) is 1.38. The number of nitrogens with one attached hydrogen (secondary N) is 6. The highest BCUT2D eigenvalue weighted by Crippen LogP contribution is 2.40. The number of aryl methyl sites for hydroxylation is 2. The molecular formula is C70H63N13O11. The first kappa shape index (κ1) is 62.2. The Bertz CT molecular complexity index is 4740. The lowest BCUT2D eigenvalue weighted by atomic mass is 9.99. The molecule has 5 aromatic carbocycles. The number of phenolic OH excluding ortho intramolecular Hbond substituents is 3. The number of nitrogen functional groups attached to an aromatic ring is 1. The number of carboxylic acid groups (broad SMARTS) is 1. The standard InChI is InChI=1S/C70H63N13O11/c71-70-82-65-64(68(90)83-70)76-46(38-75-65)37-74-45-16-14-41(15-17-45)67(89)81-58(69(91)92)26-27-59(87)72-28-30-93-32-33-94-31-29-73-66(88)40-12-10-39(11-13-40)60-50-18-20-52(77-50)61(42-4-1-7-47(84)34-42)54-22-24-56(79-54)63(44-6-3-9-49(86)36-44)57-25-23-55(80-57)62(53-21-19-51(60)78-53)43-5-2-8-48(85)35-43/h1-18,20,22-25,34-36,38,58,74,77,80,84-86H,19,21,26-33,37H2,(H,72,87)(H,73,88)(H,81,89)(H,91,92)(H3,71,75,82,83,90)/t58-/m0/s1. The third-order valence-electron chi connectivity index (χ3n) is 15.7. The summed E-state index contributed by atoms with van der Waals surface area (Å²) in [5.74, 6) is -2.88. The number of rotatable bonds is 23. The second-order valence-corrected chi connectivity index (χ2v) is 22.1. The van der Waals surface area contributed by atoms with Crippen molar-refractivity contribution < 1.29 is 54.2 Å². The van der Waals surface area contributed by atoms with Gasteiger partial charge in [-0.05, 0) is 151 Å². The smallest absolute Gasteiger partial charge is 0.326 e. The number of hydrogen-bond acceptors (Lipinski definition) is 18. The summed E-state index contributed by atoms with van der Waals surface area (Å²) in [4.78, 5) is 85.3. The zero-order valence-electron chi connectivity index (χ0n) is 50.4. The second-order valence-electron chi connectivity index (χ2n) is 22.1. The third-order valence-corrected chi connectivity index (χ3v) is 15.7. The first-order valence-corrected chi connectivity index (χ1v) is 30.2. The Labute approximate surface area is 536 Å². The molecule has 0 aliphatic carbocycles. The van der Waals surface area contributed by atoms with E-state index in [9.17, 15) is 44.7 Å². The summed E-state index contributed by atoms with van der Waals surface area (Å²) in [6, 6.07) is 41.4. The molecule has 7 heterocycles. The van der Waals surface area contributed by atoms with Crippen LogP contribution in [0.1, 0.15) is 62.0 Å². The molecule has 0 saturated carbocycles. The van der Waals surface area contributed by atoms with Gasteiger partial charge in [0.05, 0.1) is 67.6 Å². The monoisotopic (exact) mass is 1260 g/mol. The number of aromatic amines is 2. The Hall–Kier alpha value is -12.0. The van der Waals surface area contributed by atoms with Gasteiger partial charge in [0.1, 0.15) is 23.3 Å². The molecule has 0 unspecified atom stereocenters. The van der Waals surface area contributed by atoms with E-state index >= 15 is 0 Å². The number of aliphatic carboxylic acids is 1. The third kappa shape index (κ3) is 14.4. The number of anilines is 2. The van der Waals surface area contributed by atoms with Crippen molar-refractivity contribution in [3.05, 3.63) is 191 Å². The van der Waals surface area contributed by atoms with Crippen LogP contribution in [0.2, 0.25) is 0 Å². The average molecular weight is 1260 g/mol. The molecule has 0 saturated heterocycles. The van der Waals surface area contributed by atoms with Crippen molar-refractivity contribution in [1.82, 2.24) is 55.8 Å². The SMILES string of the molecule is Nc1nc(O)c2nc(CNc3ccc(C(=O)N[C@@H](CCC(=O)NCCOCCOCCNC(=O)c4ccc(-c5c6nc(c(-c7cccc(O)c7)c7ccc([nH]7)c(-c7cccc(O)c7)c7nc(c(-c8cccc(O)c8)c8ccc5[nH]8)C=C7)CC6)cc4)C(=O)O)cc3)cnc2n1. The fraction of sp³-hybridized carbons (Fsp3) is 0.171. The molecule has 94 heavy (non-hydrogen) atoms. The van der Waals surface area contributed by atoms with Crippen LogP contribution in [0.15, 0.2) is 152 Å². The van der Waals surface area contributed by atoms with Crippen LogP contribution in [-0.2, 0) is 38.4 Å². The molecule has 474 valence electrons. The number of nitrogens with zero attached hydrogens (tertiary/aromatic N) is 6. The summed E-state index contributed by atoms with van der Waals surface area (Å²) in [5, 5.41) is 63.4. The van der Waals surface area contributed by atoms with Crippen LogP contribution in [0.3, 0.4) is 0 Å². The van der Waals surface area contributed by atoms with E-state index < -0.39 is 29.7 Å². The molecule has 1 atom stereocenters. The number of amides is 3. The number of ether oxygens (including phenoxy) is 2. The molecule has 24 heteroatoms. The number of carboxylic acids is 1. The van der Waals surface area contributed by atoms with Gasteiger partial charge >= 0.3 is 5.97 Å². The van der Waals surface area contributed by atoms with Crippen LogP contribution < -0.4 is 27.0 Å². The first-order chi connectivity index (χ1) is 45.7. The van der Waals surface area contributed by atoms with Gasteiger partial charge in [-0.2, -0.15) is 9.97 Å². The lowest BCUT2D eigenvalue weighted by molar-refractivity contribution is -0.139. The van der Waals surface area contributed by atoms with Gasteiger partial charge in [0, 0.05) is 80.6 Å².